The first-order chi connectivity index (χ1) is 32.3. The van der Waals surface area contributed by atoms with Crippen molar-refractivity contribution in [3.05, 3.63) is 224 Å². The highest BCUT2D eigenvalue weighted by molar-refractivity contribution is 6.24. The summed E-state index contributed by atoms with van der Waals surface area (Å²) < 4.78 is 7.02. The molecular weight excluding hydrogens is 791 g/mol. The van der Waals surface area contributed by atoms with Gasteiger partial charge in [-0.25, -0.2) is 9.97 Å². The van der Waals surface area contributed by atoms with Crippen LogP contribution in [0.5, 0.6) is 0 Å². The van der Waals surface area contributed by atoms with E-state index in [9.17, 15) is 0 Å². The average Bonchev–Trinajstić information content (AvgIpc) is 4.01. The molecule has 5 heteroatoms. The Kier molecular flexibility index (Phi) is 7.62. The van der Waals surface area contributed by atoms with E-state index in [1.165, 1.54) is 54.4 Å². The van der Waals surface area contributed by atoms with Crippen molar-refractivity contribution in [3.63, 3.8) is 0 Å². The predicted molar refractivity (Wildman–Crippen MR) is 271 cm³/mol. The second-order valence-corrected chi connectivity index (χ2v) is 16.9. The fraction of sp³-hybridized carbons (Fsp3) is 0. The van der Waals surface area contributed by atoms with Crippen molar-refractivity contribution in [2.24, 2.45) is 0 Å². The molecule has 0 aliphatic rings. The van der Waals surface area contributed by atoms with Gasteiger partial charge < -0.3 is 9.13 Å². The summed E-state index contributed by atoms with van der Waals surface area (Å²) in [4.78, 5) is 10.8. The van der Waals surface area contributed by atoms with E-state index >= 15 is 0 Å². The van der Waals surface area contributed by atoms with E-state index in [2.05, 4.69) is 238 Å². The third kappa shape index (κ3) is 5.27. The minimum absolute atomic E-state index is 0.642. The molecule has 10 aromatic carbocycles. The number of hydrogen-bond donors (Lipinski definition) is 0. The molecule has 0 saturated heterocycles. The van der Waals surface area contributed by atoms with Crippen molar-refractivity contribution in [1.82, 2.24) is 23.7 Å². The second kappa shape index (κ2) is 13.9. The largest absolute Gasteiger partial charge is 0.309 e. The molecule has 0 N–H and O–H groups in total. The van der Waals surface area contributed by atoms with Gasteiger partial charge in [0.25, 0.3) is 0 Å². The van der Waals surface area contributed by atoms with Crippen LogP contribution in [0.4, 0.5) is 0 Å². The van der Waals surface area contributed by atoms with Gasteiger partial charge in [0, 0.05) is 54.6 Å². The predicted octanol–water partition coefficient (Wildman–Crippen LogP) is 15.4. The fourth-order valence-electron chi connectivity index (χ4n) is 10.6. The number of benzene rings is 10. The number of fused-ring (bicyclic) bond motifs is 12. The van der Waals surface area contributed by atoms with Crippen molar-refractivity contribution >= 4 is 87.1 Å². The van der Waals surface area contributed by atoms with Gasteiger partial charge in [-0.05, 0) is 101 Å². The summed E-state index contributed by atoms with van der Waals surface area (Å²) in [5.41, 5.74) is 14.3. The van der Waals surface area contributed by atoms with Crippen LogP contribution in [-0.4, -0.2) is 23.7 Å². The van der Waals surface area contributed by atoms with Crippen molar-refractivity contribution in [2.45, 2.75) is 0 Å². The van der Waals surface area contributed by atoms with E-state index < -0.39 is 0 Å². The van der Waals surface area contributed by atoms with Gasteiger partial charge in [0.05, 0.1) is 44.3 Å². The number of aromatic nitrogens is 5. The number of hydrogen-bond acceptors (Lipinski definition) is 2. The first kappa shape index (κ1) is 35.8. The molecule has 0 aliphatic carbocycles. The molecule has 0 aliphatic heterocycles. The zero-order valence-electron chi connectivity index (χ0n) is 35.1. The average molecular weight is 828 g/mol. The summed E-state index contributed by atoms with van der Waals surface area (Å²) in [5.74, 6) is 0.642. The van der Waals surface area contributed by atoms with Crippen LogP contribution in [0.2, 0.25) is 0 Å². The van der Waals surface area contributed by atoms with E-state index in [0.717, 1.165) is 66.4 Å². The molecule has 0 atom stereocenters. The Morgan fingerprint density at radius 3 is 1.42 bits per heavy atom. The number of nitrogens with zero attached hydrogens (tertiary/aromatic N) is 5. The quantitative estimate of drug-likeness (QED) is 0.173. The lowest BCUT2D eigenvalue weighted by Gasteiger charge is -2.13. The van der Waals surface area contributed by atoms with E-state index in [4.69, 9.17) is 9.97 Å². The number of rotatable bonds is 5. The van der Waals surface area contributed by atoms with Gasteiger partial charge >= 0.3 is 0 Å². The molecule has 4 heterocycles. The third-order valence-electron chi connectivity index (χ3n) is 13.4. The molecule has 5 nitrogen and oxygen atoms in total. The summed E-state index contributed by atoms with van der Waals surface area (Å²) in [6.45, 7) is 0. The molecule has 14 aromatic rings. The van der Waals surface area contributed by atoms with Crippen molar-refractivity contribution in [1.29, 1.82) is 0 Å². The van der Waals surface area contributed by atoms with Crippen molar-refractivity contribution in [3.8, 4) is 39.7 Å². The van der Waals surface area contributed by atoms with Crippen LogP contribution in [0.25, 0.3) is 127 Å². The van der Waals surface area contributed by atoms with E-state index in [1.54, 1.807) is 0 Å². The van der Waals surface area contributed by atoms with E-state index in [-0.39, 0.29) is 0 Å². The molecule has 65 heavy (non-hydrogen) atoms. The fourth-order valence-corrected chi connectivity index (χ4v) is 10.6. The monoisotopic (exact) mass is 827 g/mol. The summed E-state index contributed by atoms with van der Waals surface area (Å²) in [7, 11) is 0. The maximum absolute atomic E-state index is 5.52. The standard InChI is InChI=1S/C60H37N5/c1-3-17-40(18-4-1)63-52-28-14-10-22-43(52)50-36-39(32-34-55(50)63)59-46-25-9-13-27-51(46)61-60(62-59)65-53-29-15-11-23-44(53)49-35-38(31-33-56(49)65)48-37-57-58(45-24-8-7-21-42(45)48)47-26-12-16-30-54(47)64(57)41-19-5-2-6-20-41/h1-37H. The van der Waals surface area contributed by atoms with Crippen LogP contribution in [0.3, 0.4) is 0 Å². The molecule has 0 spiro atoms. The zero-order valence-corrected chi connectivity index (χ0v) is 35.1. The topological polar surface area (TPSA) is 40.6 Å². The van der Waals surface area contributed by atoms with Crippen LogP contribution < -0.4 is 0 Å². The van der Waals surface area contributed by atoms with Gasteiger partial charge in [-0.1, -0.05) is 146 Å². The molecule has 0 radical (unpaired) electrons. The van der Waals surface area contributed by atoms with Gasteiger partial charge in [0.2, 0.25) is 5.95 Å². The lowest BCUT2D eigenvalue weighted by atomic mass is 9.94. The second-order valence-electron chi connectivity index (χ2n) is 16.9. The lowest BCUT2D eigenvalue weighted by Crippen LogP contribution is -2.03. The van der Waals surface area contributed by atoms with Crippen molar-refractivity contribution in [2.75, 3.05) is 0 Å². The van der Waals surface area contributed by atoms with Crippen molar-refractivity contribution < 1.29 is 0 Å². The van der Waals surface area contributed by atoms with Crippen LogP contribution in [0, 0.1) is 0 Å². The highest BCUT2D eigenvalue weighted by Crippen LogP contribution is 2.44. The summed E-state index contributed by atoms with van der Waals surface area (Å²) in [6, 6.07) is 80.8. The smallest absolute Gasteiger partial charge is 0.235 e. The SMILES string of the molecule is c1ccc(-n2c3ccccc3c3cc(-c4nc(-n5c6ccccc6c6cc(-c7cc8c(c9ccccc79)c7ccccc7n8-c7ccccc7)ccc65)nc5ccccc45)ccc32)cc1. The Morgan fingerprint density at radius 2 is 0.738 bits per heavy atom. The van der Waals surface area contributed by atoms with E-state index in [0.29, 0.717) is 5.95 Å². The number of para-hydroxylation sites is 6. The Labute approximate surface area is 373 Å². The highest BCUT2D eigenvalue weighted by Gasteiger charge is 2.22. The summed E-state index contributed by atoms with van der Waals surface area (Å²) in [6.07, 6.45) is 0. The Hall–Kier alpha value is -8.80. The maximum atomic E-state index is 5.52. The third-order valence-corrected chi connectivity index (χ3v) is 13.4. The minimum Gasteiger partial charge on any atom is -0.309 e. The maximum Gasteiger partial charge on any atom is 0.235 e. The first-order valence-electron chi connectivity index (χ1n) is 22.2. The Bertz CT molecular complexity index is 4230. The molecular formula is C60H37N5. The molecule has 4 aromatic heterocycles. The normalized spacial score (nSPS) is 12.0. The van der Waals surface area contributed by atoms with Gasteiger partial charge in [0.1, 0.15) is 0 Å². The van der Waals surface area contributed by atoms with Gasteiger partial charge in [0.15, 0.2) is 0 Å². The molecule has 0 bridgehead atoms. The Morgan fingerprint density at radius 1 is 0.277 bits per heavy atom. The molecule has 14 rings (SSSR count). The molecule has 0 saturated carbocycles. The highest BCUT2D eigenvalue weighted by atomic mass is 15.2. The minimum atomic E-state index is 0.642. The first-order valence-corrected chi connectivity index (χ1v) is 22.2. The molecule has 302 valence electrons. The Balaban J connectivity index is 0.988. The van der Waals surface area contributed by atoms with Gasteiger partial charge in [-0.3, -0.25) is 4.57 Å². The summed E-state index contributed by atoms with van der Waals surface area (Å²) in [5, 5.41) is 10.7. The molecule has 0 unspecified atom stereocenters. The van der Waals surface area contributed by atoms with Crippen LogP contribution in [0.15, 0.2) is 224 Å². The molecule has 0 fully saturated rings. The van der Waals surface area contributed by atoms with Gasteiger partial charge in [-0.2, -0.15) is 0 Å². The van der Waals surface area contributed by atoms with Crippen LogP contribution in [0.1, 0.15) is 0 Å². The summed E-state index contributed by atoms with van der Waals surface area (Å²) >= 11 is 0. The molecule has 0 amide bonds. The van der Waals surface area contributed by atoms with Gasteiger partial charge in [-0.15, -0.1) is 0 Å². The zero-order chi connectivity index (χ0) is 42.6. The van der Waals surface area contributed by atoms with Crippen LogP contribution in [-0.2, 0) is 0 Å². The van der Waals surface area contributed by atoms with E-state index in [1.807, 2.05) is 0 Å². The lowest BCUT2D eigenvalue weighted by molar-refractivity contribution is 1.01. The van der Waals surface area contributed by atoms with Crippen LogP contribution >= 0.6 is 0 Å².